The monoisotopic (exact) mass is 387 g/mol. The van der Waals surface area contributed by atoms with Crippen molar-refractivity contribution >= 4 is 39.4 Å². The van der Waals surface area contributed by atoms with Crippen LogP contribution in [0.5, 0.6) is 5.75 Å². The number of hydrogen-bond acceptors (Lipinski definition) is 5. The highest BCUT2D eigenvalue weighted by atomic mass is 127. The first kappa shape index (κ1) is 15.5. The first-order chi connectivity index (χ1) is 8.27. The highest BCUT2D eigenvalue weighted by Gasteiger charge is 2.22. The number of benzene rings is 1. The molecule has 18 heavy (non-hydrogen) atoms. The fraction of sp³-hybridized carbons (Fsp3) is 0.300. The van der Waals surface area contributed by atoms with Gasteiger partial charge in [0.15, 0.2) is 0 Å². The molecule has 0 aliphatic rings. The average Bonchev–Trinajstić information content (AvgIpc) is 2.27. The van der Waals surface area contributed by atoms with E-state index in [-0.39, 0.29) is 10.5 Å². The molecule has 0 atom stereocenters. The first-order valence-corrected chi connectivity index (χ1v) is 7.98. The van der Waals surface area contributed by atoms with E-state index in [2.05, 4.69) is 27.9 Å². The minimum atomic E-state index is -3.91. The third-order valence-electron chi connectivity index (χ3n) is 2.21. The van der Waals surface area contributed by atoms with Crippen LogP contribution in [0, 0.1) is 6.92 Å². The lowest BCUT2D eigenvalue weighted by Gasteiger charge is -2.22. The molecule has 102 valence electrons. The van der Waals surface area contributed by atoms with Crippen molar-refractivity contribution in [1.82, 2.24) is 5.32 Å². The van der Waals surface area contributed by atoms with Crippen LogP contribution in [0.4, 0.5) is 0 Å². The highest BCUT2D eigenvalue weighted by Crippen LogP contribution is 2.47. The topological polar surface area (TPSA) is 110 Å². The van der Waals surface area contributed by atoms with Crippen LogP contribution in [0.25, 0.3) is 0 Å². The van der Waals surface area contributed by atoms with E-state index in [1.54, 1.807) is 0 Å². The molecule has 0 spiro atoms. The molecule has 0 aliphatic heterocycles. The Hall–Kier alpha value is -0.550. The van der Waals surface area contributed by atoms with E-state index in [0.29, 0.717) is 12.1 Å². The lowest BCUT2D eigenvalue weighted by Crippen LogP contribution is -2.25. The van der Waals surface area contributed by atoms with E-state index in [4.69, 9.17) is 13.7 Å². The van der Waals surface area contributed by atoms with Crippen LogP contribution in [0.3, 0.4) is 0 Å². The second-order valence-electron chi connectivity index (χ2n) is 3.60. The van der Waals surface area contributed by atoms with Gasteiger partial charge >= 0.3 is 0 Å². The van der Waals surface area contributed by atoms with Crippen LogP contribution >= 0.6 is 33.5 Å². The van der Waals surface area contributed by atoms with Crippen LogP contribution in [0.2, 0.25) is 0 Å². The first-order valence-electron chi connectivity index (χ1n) is 4.96. The summed E-state index contributed by atoms with van der Waals surface area (Å²) in [6.07, 6.45) is 0. The number of hydrogen-bond donors (Lipinski definition) is 5. The smallest absolute Gasteiger partial charge is 0.255 e. The van der Waals surface area contributed by atoms with Gasteiger partial charge in [-0.2, -0.15) is 0 Å². The van der Waals surface area contributed by atoms with Gasteiger partial charge in [-0.15, -0.1) is 0 Å². The van der Waals surface area contributed by atoms with Gasteiger partial charge in [-0.3, -0.25) is 4.79 Å². The van der Waals surface area contributed by atoms with E-state index >= 15 is 0 Å². The van der Waals surface area contributed by atoms with E-state index < -0.39 is 22.5 Å². The number of aryl methyl sites for hydroxylation is 1. The van der Waals surface area contributed by atoms with Gasteiger partial charge in [0.2, 0.25) is 0 Å². The Morgan fingerprint density at radius 2 is 2.00 bits per heavy atom. The second-order valence-corrected chi connectivity index (χ2v) is 6.15. The molecule has 0 fully saturated rings. The summed E-state index contributed by atoms with van der Waals surface area (Å²) in [7, 11) is -3.91. The standard InChI is InChI=1S/C10H14INO5S/c1-6-4-7(10(14)12-3-2-11)8(13)5-9(6)18(15,16)17/h4-5,13,15-17H,2-3H2,1H3,(H,12,14). The number of carbonyl (C=O) groups excluding carboxylic acids is 1. The number of alkyl halides is 1. The maximum Gasteiger partial charge on any atom is 0.255 e. The van der Waals surface area contributed by atoms with Gasteiger partial charge in [-0.1, -0.05) is 22.6 Å². The molecule has 0 bridgehead atoms. The Balaban J connectivity index is 3.11. The number of rotatable bonds is 4. The molecule has 0 aliphatic carbocycles. The van der Waals surface area contributed by atoms with Crippen LogP contribution < -0.4 is 5.32 Å². The molecule has 0 aromatic heterocycles. The summed E-state index contributed by atoms with van der Waals surface area (Å²) in [5.74, 6) is -0.858. The Labute approximate surface area is 120 Å². The van der Waals surface area contributed by atoms with E-state index in [0.717, 1.165) is 10.5 Å². The zero-order valence-electron chi connectivity index (χ0n) is 9.55. The van der Waals surface area contributed by atoms with Gasteiger partial charge < -0.3 is 24.1 Å². The van der Waals surface area contributed by atoms with Crippen molar-refractivity contribution in [2.24, 2.45) is 0 Å². The molecule has 0 radical (unpaired) electrons. The molecule has 0 unspecified atom stereocenters. The van der Waals surface area contributed by atoms with Crippen molar-refractivity contribution in [3.63, 3.8) is 0 Å². The molecule has 1 aromatic carbocycles. The van der Waals surface area contributed by atoms with Crippen LogP contribution in [0.15, 0.2) is 17.0 Å². The van der Waals surface area contributed by atoms with Gasteiger partial charge in [-0.05, 0) is 24.6 Å². The van der Waals surface area contributed by atoms with Gasteiger partial charge in [0.05, 0.1) is 10.5 Å². The normalized spacial score (nSPS) is 12.3. The number of carbonyl (C=O) groups is 1. The minimum absolute atomic E-state index is 0.0322. The molecule has 5 N–H and O–H groups in total. The van der Waals surface area contributed by atoms with Gasteiger partial charge in [0, 0.05) is 11.0 Å². The molecule has 1 amide bonds. The molecule has 0 saturated heterocycles. The molecule has 8 heteroatoms. The predicted octanol–water partition coefficient (Wildman–Crippen LogP) is 2.45. The quantitative estimate of drug-likeness (QED) is 0.403. The Kier molecular flexibility index (Phi) is 5.22. The van der Waals surface area contributed by atoms with Gasteiger partial charge in [0.1, 0.15) is 16.6 Å². The largest absolute Gasteiger partial charge is 0.507 e. The minimum Gasteiger partial charge on any atom is -0.507 e. The second kappa shape index (κ2) is 6.06. The number of phenolic OH excluding ortho intramolecular Hbond substituents is 1. The summed E-state index contributed by atoms with van der Waals surface area (Å²) in [6, 6.07) is 2.29. The number of halogens is 1. The molecule has 1 aromatic rings. The lowest BCUT2D eigenvalue weighted by atomic mass is 10.1. The number of amides is 1. The zero-order chi connectivity index (χ0) is 13.9. The van der Waals surface area contributed by atoms with Crippen molar-refractivity contribution < 1.29 is 23.6 Å². The Morgan fingerprint density at radius 3 is 2.50 bits per heavy atom. The third-order valence-corrected chi connectivity index (χ3v) is 3.78. The Morgan fingerprint density at radius 1 is 1.39 bits per heavy atom. The summed E-state index contributed by atoms with van der Waals surface area (Å²) < 4.78 is 28.2. The predicted molar refractivity (Wildman–Crippen MR) is 77.8 cm³/mol. The Bertz CT molecular complexity index is 460. The summed E-state index contributed by atoms with van der Waals surface area (Å²) in [6.45, 7) is 1.98. The van der Waals surface area contributed by atoms with Crippen molar-refractivity contribution in [2.75, 3.05) is 11.0 Å². The van der Waals surface area contributed by atoms with Gasteiger partial charge in [0.25, 0.3) is 5.91 Å². The van der Waals surface area contributed by atoms with Crippen molar-refractivity contribution in [3.8, 4) is 5.75 Å². The zero-order valence-corrected chi connectivity index (χ0v) is 12.5. The third kappa shape index (κ3) is 3.72. The van der Waals surface area contributed by atoms with Crippen molar-refractivity contribution in [1.29, 1.82) is 0 Å². The summed E-state index contributed by atoms with van der Waals surface area (Å²) in [4.78, 5) is 11.5. The van der Waals surface area contributed by atoms with Crippen LogP contribution in [-0.4, -0.2) is 35.6 Å². The SMILES string of the molecule is Cc1cc(C(=O)NCCI)c(O)cc1S(O)(O)O. The molecule has 0 heterocycles. The molecule has 0 saturated carbocycles. The van der Waals surface area contributed by atoms with Crippen LogP contribution in [0.1, 0.15) is 15.9 Å². The molecular weight excluding hydrogens is 373 g/mol. The molecule has 1 rings (SSSR count). The van der Waals surface area contributed by atoms with Crippen molar-refractivity contribution in [3.05, 3.63) is 23.3 Å². The lowest BCUT2D eigenvalue weighted by molar-refractivity contribution is 0.0953. The number of phenols is 1. The van der Waals surface area contributed by atoms with Gasteiger partial charge in [-0.25, -0.2) is 0 Å². The fourth-order valence-electron chi connectivity index (χ4n) is 1.41. The van der Waals surface area contributed by atoms with E-state index in [9.17, 15) is 9.90 Å². The van der Waals surface area contributed by atoms with E-state index in [1.165, 1.54) is 13.0 Å². The maximum absolute atomic E-state index is 11.7. The van der Waals surface area contributed by atoms with E-state index in [1.807, 2.05) is 0 Å². The summed E-state index contributed by atoms with van der Waals surface area (Å²) in [5, 5.41) is 12.3. The number of aromatic hydroxyl groups is 1. The highest BCUT2D eigenvalue weighted by molar-refractivity contribution is 14.1. The maximum atomic E-state index is 11.7. The summed E-state index contributed by atoms with van der Waals surface area (Å²) >= 11 is 2.10. The van der Waals surface area contributed by atoms with Crippen LogP contribution in [-0.2, 0) is 0 Å². The molecular formula is C10H14INO5S. The average molecular weight is 387 g/mol. The molecule has 6 nitrogen and oxygen atoms in total. The van der Waals surface area contributed by atoms with Crippen molar-refractivity contribution in [2.45, 2.75) is 11.8 Å². The number of nitrogens with one attached hydrogen (secondary N) is 1. The fourth-order valence-corrected chi connectivity index (χ4v) is 2.44. The summed E-state index contributed by atoms with van der Waals surface area (Å²) in [5.41, 5.74) is 0.347.